The molecule has 1 aromatic rings. The van der Waals surface area contributed by atoms with E-state index in [1.165, 1.54) is 0 Å². The smallest absolute Gasteiger partial charge is 0.231 e. The van der Waals surface area contributed by atoms with Crippen molar-refractivity contribution in [3.8, 4) is 5.75 Å². The van der Waals surface area contributed by atoms with Crippen LogP contribution >= 0.6 is 0 Å². The molecule has 1 saturated heterocycles. The minimum absolute atomic E-state index is 0.0948. The monoisotopic (exact) mass is 304 g/mol. The van der Waals surface area contributed by atoms with E-state index in [1.54, 1.807) is 0 Å². The number of amides is 1. The summed E-state index contributed by atoms with van der Waals surface area (Å²) in [5.74, 6) is 0.880. The van der Waals surface area contributed by atoms with Gasteiger partial charge in [0.1, 0.15) is 5.75 Å². The summed E-state index contributed by atoms with van der Waals surface area (Å²) in [5.41, 5.74) is 0.478. The van der Waals surface area contributed by atoms with Gasteiger partial charge in [-0.25, -0.2) is 0 Å². The number of hydrogen-bond donors (Lipinski definition) is 1. The molecule has 1 aliphatic heterocycles. The van der Waals surface area contributed by atoms with Crippen LogP contribution in [0.25, 0.3) is 0 Å². The number of carbonyl (C=O) groups is 1. The number of nitrogens with one attached hydrogen (secondary N) is 1. The Hall–Kier alpha value is -1.55. The van der Waals surface area contributed by atoms with Gasteiger partial charge in [0.05, 0.1) is 11.5 Å². The second kappa shape index (κ2) is 6.69. The maximum absolute atomic E-state index is 12.7. The van der Waals surface area contributed by atoms with Crippen molar-refractivity contribution in [1.29, 1.82) is 0 Å². The minimum Gasteiger partial charge on any atom is -0.491 e. The van der Waals surface area contributed by atoms with E-state index < -0.39 is 0 Å². The Balaban J connectivity index is 2.03. The van der Waals surface area contributed by atoms with Gasteiger partial charge in [0, 0.05) is 24.3 Å². The van der Waals surface area contributed by atoms with Gasteiger partial charge in [0.15, 0.2) is 0 Å². The quantitative estimate of drug-likeness (QED) is 0.905. The van der Waals surface area contributed by atoms with Gasteiger partial charge in [0.25, 0.3) is 0 Å². The van der Waals surface area contributed by atoms with Crippen LogP contribution in [0.3, 0.4) is 0 Å². The lowest BCUT2D eigenvalue weighted by Crippen LogP contribution is -2.38. The summed E-state index contributed by atoms with van der Waals surface area (Å²) in [7, 11) is 0. The van der Waals surface area contributed by atoms with Crippen LogP contribution in [0.5, 0.6) is 5.75 Å². The molecule has 0 radical (unpaired) electrons. The third kappa shape index (κ3) is 4.01. The van der Waals surface area contributed by atoms with Crippen LogP contribution in [0.4, 0.5) is 5.69 Å². The first kappa shape index (κ1) is 16.8. The standard InChI is InChI=1S/C18H28N2O2/c1-13(2)20-10-9-18(5,12-20)17(21)19-15-7-6-8-16(11-15)22-14(3)4/h6-8,11,13-14H,9-10,12H2,1-5H3,(H,19,21). The largest absolute Gasteiger partial charge is 0.491 e. The topological polar surface area (TPSA) is 41.6 Å². The minimum atomic E-state index is -0.320. The highest BCUT2D eigenvalue weighted by Gasteiger charge is 2.40. The molecular formula is C18H28N2O2. The number of benzene rings is 1. The molecule has 2 rings (SSSR count). The summed E-state index contributed by atoms with van der Waals surface area (Å²) in [6.07, 6.45) is 1.03. The lowest BCUT2D eigenvalue weighted by Gasteiger charge is -2.25. The summed E-state index contributed by atoms with van der Waals surface area (Å²) in [6.45, 7) is 12.2. The maximum atomic E-state index is 12.7. The van der Waals surface area contributed by atoms with E-state index in [2.05, 4.69) is 31.0 Å². The Kier molecular flexibility index (Phi) is 5.12. The van der Waals surface area contributed by atoms with Crippen molar-refractivity contribution in [2.24, 2.45) is 5.41 Å². The lowest BCUT2D eigenvalue weighted by molar-refractivity contribution is -0.124. The van der Waals surface area contributed by atoms with Crippen LogP contribution in [-0.4, -0.2) is 36.0 Å². The average molecular weight is 304 g/mol. The summed E-state index contributed by atoms with van der Waals surface area (Å²) in [6, 6.07) is 8.09. The zero-order valence-electron chi connectivity index (χ0n) is 14.3. The van der Waals surface area contributed by atoms with Gasteiger partial charge in [-0.2, -0.15) is 0 Å². The van der Waals surface area contributed by atoms with Gasteiger partial charge in [-0.1, -0.05) is 6.07 Å². The van der Waals surface area contributed by atoms with Crippen molar-refractivity contribution in [2.45, 2.75) is 53.2 Å². The number of anilines is 1. The van der Waals surface area contributed by atoms with E-state index in [-0.39, 0.29) is 17.4 Å². The summed E-state index contributed by atoms with van der Waals surface area (Å²) >= 11 is 0. The molecule has 4 heteroatoms. The van der Waals surface area contributed by atoms with E-state index in [4.69, 9.17) is 4.74 Å². The average Bonchev–Trinajstić information content (AvgIpc) is 2.83. The van der Waals surface area contributed by atoms with Crippen LogP contribution in [0.2, 0.25) is 0 Å². The Morgan fingerprint density at radius 2 is 2.05 bits per heavy atom. The van der Waals surface area contributed by atoms with E-state index in [9.17, 15) is 4.79 Å². The van der Waals surface area contributed by atoms with Crippen molar-refractivity contribution < 1.29 is 9.53 Å². The molecule has 1 aliphatic rings. The second-order valence-electron chi connectivity index (χ2n) is 7.02. The number of rotatable bonds is 5. The highest BCUT2D eigenvalue weighted by molar-refractivity contribution is 5.95. The second-order valence-corrected chi connectivity index (χ2v) is 7.02. The molecule has 1 amide bonds. The molecule has 1 heterocycles. The highest BCUT2D eigenvalue weighted by Crippen LogP contribution is 2.32. The summed E-state index contributed by atoms with van der Waals surface area (Å²) < 4.78 is 5.68. The van der Waals surface area contributed by atoms with Gasteiger partial charge in [-0.05, 0) is 59.7 Å². The normalized spacial score (nSPS) is 22.3. The van der Waals surface area contributed by atoms with Crippen molar-refractivity contribution in [1.82, 2.24) is 4.90 Å². The maximum Gasteiger partial charge on any atom is 0.231 e. The molecule has 1 fully saturated rings. The molecule has 0 bridgehead atoms. The van der Waals surface area contributed by atoms with Gasteiger partial charge in [-0.15, -0.1) is 0 Å². The molecule has 122 valence electrons. The predicted molar refractivity (Wildman–Crippen MR) is 90.3 cm³/mol. The SMILES string of the molecule is CC(C)Oc1cccc(NC(=O)C2(C)CCN(C(C)C)C2)c1. The van der Waals surface area contributed by atoms with Crippen molar-refractivity contribution in [3.63, 3.8) is 0 Å². The van der Waals surface area contributed by atoms with Crippen LogP contribution in [0.15, 0.2) is 24.3 Å². The number of carbonyl (C=O) groups excluding carboxylic acids is 1. The first-order chi connectivity index (χ1) is 10.3. The molecule has 4 nitrogen and oxygen atoms in total. The third-order valence-corrected chi connectivity index (χ3v) is 4.25. The zero-order valence-corrected chi connectivity index (χ0v) is 14.3. The number of likely N-dealkylation sites (tertiary alicyclic amines) is 1. The molecule has 1 N–H and O–H groups in total. The van der Waals surface area contributed by atoms with Crippen molar-refractivity contribution >= 4 is 11.6 Å². The Morgan fingerprint density at radius 1 is 1.32 bits per heavy atom. The molecule has 0 spiro atoms. The fraction of sp³-hybridized carbons (Fsp3) is 0.611. The molecule has 1 aromatic carbocycles. The van der Waals surface area contributed by atoms with E-state index in [0.717, 1.165) is 30.9 Å². The Morgan fingerprint density at radius 3 is 2.64 bits per heavy atom. The number of hydrogen-bond acceptors (Lipinski definition) is 3. The van der Waals surface area contributed by atoms with Crippen molar-refractivity contribution in [3.05, 3.63) is 24.3 Å². The summed E-state index contributed by atoms with van der Waals surface area (Å²) in [4.78, 5) is 15.0. The van der Waals surface area contributed by atoms with Gasteiger partial charge >= 0.3 is 0 Å². The Labute approximate surface area is 133 Å². The third-order valence-electron chi connectivity index (χ3n) is 4.25. The van der Waals surface area contributed by atoms with Crippen LogP contribution in [0, 0.1) is 5.41 Å². The Bertz CT molecular complexity index is 528. The van der Waals surface area contributed by atoms with Crippen LogP contribution in [-0.2, 0) is 4.79 Å². The van der Waals surface area contributed by atoms with Crippen LogP contribution < -0.4 is 10.1 Å². The van der Waals surface area contributed by atoms with Gasteiger partial charge in [0.2, 0.25) is 5.91 Å². The first-order valence-corrected chi connectivity index (χ1v) is 8.12. The van der Waals surface area contributed by atoms with E-state index in [0.29, 0.717) is 6.04 Å². The zero-order chi connectivity index (χ0) is 16.3. The summed E-state index contributed by atoms with van der Waals surface area (Å²) in [5, 5.41) is 3.05. The van der Waals surface area contributed by atoms with E-state index >= 15 is 0 Å². The van der Waals surface area contributed by atoms with Crippen LogP contribution in [0.1, 0.15) is 41.0 Å². The predicted octanol–water partition coefficient (Wildman–Crippen LogP) is 3.53. The fourth-order valence-corrected chi connectivity index (χ4v) is 2.82. The number of ether oxygens (including phenoxy) is 1. The molecule has 0 saturated carbocycles. The van der Waals surface area contributed by atoms with Crippen molar-refractivity contribution in [2.75, 3.05) is 18.4 Å². The molecule has 0 aromatic heterocycles. The molecule has 0 aliphatic carbocycles. The molecular weight excluding hydrogens is 276 g/mol. The highest BCUT2D eigenvalue weighted by atomic mass is 16.5. The lowest BCUT2D eigenvalue weighted by atomic mass is 9.88. The fourth-order valence-electron chi connectivity index (χ4n) is 2.82. The van der Waals surface area contributed by atoms with E-state index in [1.807, 2.05) is 38.1 Å². The van der Waals surface area contributed by atoms with Gasteiger partial charge < -0.3 is 10.1 Å². The first-order valence-electron chi connectivity index (χ1n) is 8.12. The molecule has 1 atom stereocenters. The molecule has 1 unspecified atom stereocenters. The number of nitrogens with zero attached hydrogens (tertiary/aromatic N) is 1. The molecule has 22 heavy (non-hydrogen) atoms. The van der Waals surface area contributed by atoms with Gasteiger partial charge in [-0.3, -0.25) is 9.69 Å².